The van der Waals surface area contributed by atoms with E-state index in [2.05, 4.69) is 5.32 Å². The molecule has 0 radical (unpaired) electrons. The second-order valence-corrected chi connectivity index (χ2v) is 8.07. The number of carbonyl (C=O) groups excluding carboxylic acids is 2. The van der Waals surface area contributed by atoms with Gasteiger partial charge in [0, 0.05) is 5.56 Å². The summed E-state index contributed by atoms with van der Waals surface area (Å²) in [6.07, 6.45) is -0.264. The number of nitrogens with one attached hydrogen (secondary N) is 1. The van der Waals surface area contributed by atoms with Crippen molar-refractivity contribution in [2.45, 2.75) is 38.7 Å². The summed E-state index contributed by atoms with van der Waals surface area (Å²) in [5.74, 6) is -0.941. The van der Waals surface area contributed by atoms with Crippen molar-refractivity contribution in [1.82, 2.24) is 5.32 Å². The number of amides is 1. The van der Waals surface area contributed by atoms with Gasteiger partial charge in [0.25, 0.3) is 5.91 Å². The van der Waals surface area contributed by atoms with E-state index in [1.54, 1.807) is 39.8 Å². The van der Waals surface area contributed by atoms with E-state index >= 15 is 0 Å². The first-order valence-corrected chi connectivity index (χ1v) is 10.1. The standard InChI is InChI=1S/C20H23NO6S/c1-13(2)26-19(22)12-21-20(23)16-7-9-17(10-8-16)27-28(24,25)18-11-14(3)5-6-15(18)4/h5-11,13H,12H2,1-4H3,(H,21,23). The van der Waals surface area contributed by atoms with Crippen molar-refractivity contribution >= 4 is 22.0 Å². The molecule has 2 aromatic rings. The third-order valence-corrected chi connectivity index (χ3v) is 5.09. The number of rotatable bonds is 7. The van der Waals surface area contributed by atoms with Crippen LogP contribution < -0.4 is 9.50 Å². The van der Waals surface area contributed by atoms with Crippen LogP contribution in [-0.4, -0.2) is 32.9 Å². The minimum absolute atomic E-state index is 0.0803. The zero-order valence-corrected chi connectivity index (χ0v) is 17.0. The van der Waals surface area contributed by atoms with E-state index in [4.69, 9.17) is 8.92 Å². The first kappa shape index (κ1) is 21.4. The highest BCUT2D eigenvalue weighted by atomic mass is 32.2. The molecule has 1 amide bonds. The summed E-state index contributed by atoms with van der Waals surface area (Å²) in [4.78, 5) is 23.6. The fraction of sp³-hybridized carbons (Fsp3) is 0.300. The SMILES string of the molecule is Cc1ccc(C)c(S(=O)(=O)Oc2ccc(C(=O)NCC(=O)OC(C)C)cc2)c1. The second kappa shape index (κ2) is 8.88. The van der Waals surface area contributed by atoms with Crippen LogP contribution in [0.4, 0.5) is 0 Å². The minimum Gasteiger partial charge on any atom is -0.462 e. The van der Waals surface area contributed by atoms with Crippen molar-refractivity contribution < 1.29 is 26.9 Å². The van der Waals surface area contributed by atoms with Crippen LogP contribution in [0.15, 0.2) is 47.4 Å². The molecule has 0 unspecified atom stereocenters. The van der Waals surface area contributed by atoms with Crippen molar-refractivity contribution in [3.63, 3.8) is 0 Å². The molecule has 2 rings (SSSR count). The average Bonchev–Trinajstić information content (AvgIpc) is 2.61. The third-order valence-electron chi connectivity index (χ3n) is 3.70. The van der Waals surface area contributed by atoms with Crippen LogP contribution in [0.2, 0.25) is 0 Å². The summed E-state index contributed by atoms with van der Waals surface area (Å²) in [7, 11) is -3.99. The maximum Gasteiger partial charge on any atom is 0.339 e. The quantitative estimate of drug-likeness (QED) is 0.562. The second-order valence-electron chi connectivity index (χ2n) is 6.55. The van der Waals surface area contributed by atoms with Gasteiger partial charge in [-0.05, 0) is 69.2 Å². The van der Waals surface area contributed by atoms with Gasteiger partial charge in [-0.2, -0.15) is 8.42 Å². The zero-order chi connectivity index (χ0) is 20.9. The number of carbonyl (C=O) groups is 2. The Morgan fingerprint density at radius 3 is 2.29 bits per heavy atom. The van der Waals surface area contributed by atoms with Gasteiger partial charge >= 0.3 is 16.1 Å². The van der Waals surface area contributed by atoms with E-state index < -0.39 is 22.0 Å². The van der Waals surface area contributed by atoms with Crippen LogP contribution in [0.5, 0.6) is 5.75 Å². The van der Waals surface area contributed by atoms with Crippen molar-refractivity contribution in [3.8, 4) is 5.75 Å². The molecule has 150 valence electrons. The first-order chi connectivity index (χ1) is 13.1. The molecule has 2 aromatic carbocycles. The van der Waals surface area contributed by atoms with Gasteiger partial charge in [-0.1, -0.05) is 12.1 Å². The highest BCUT2D eigenvalue weighted by Crippen LogP contribution is 2.22. The molecular formula is C20H23NO6S. The largest absolute Gasteiger partial charge is 0.462 e. The fourth-order valence-corrected chi connectivity index (χ4v) is 3.62. The van der Waals surface area contributed by atoms with E-state index in [1.807, 2.05) is 6.07 Å². The molecule has 0 aliphatic rings. The smallest absolute Gasteiger partial charge is 0.339 e. The lowest BCUT2D eigenvalue weighted by atomic mass is 10.2. The molecule has 0 saturated heterocycles. The summed E-state index contributed by atoms with van der Waals surface area (Å²) in [5, 5.41) is 2.44. The van der Waals surface area contributed by atoms with Crippen molar-refractivity contribution in [2.75, 3.05) is 6.54 Å². The normalized spacial score (nSPS) is 11.2. The van der Waals surface area contributed by atoms with Gasteiger partial charge in [-0.3, -0.25) is 9.59 Å². The van der Waals surface area contributed by atoms with E-state index in [0.717, 1.165) is 5.56 Å². The van der Waals surface area contributed by atoms with Gasteiger partial charge in [-0.15, -0.1) is 0 Å². The number of esters is 1. The Morgan fingerprint density at radius 2 is 1.68 bits per heavy atom. The summed E-state index contributed by atoms with van der Waals surface area (Å²) >= 11 is 0. The molecule has 0 aliphatic carbocycles. The van der Waals surface area contributed by atoms with Crippen LogP contribution in [0.25, 0.3) is 0 Å². The molecule has 0 spiro atoms. The fourth-order valence-electron chi connectivity index (χ4n) is 2.37. The number of benzene rings is 2. The molecule has 0 aromatic heterocycles. The number of ether oxygens (including phenoxy) is 1. The first-order valence-electron chi connectivity index (χ1n) is 8.68. The van der Waals surface area contributed by atoms with Gasteiger partial charge in [0.2, 0.25) is 0 Å². The topological polar surface area (TPSA) is 98.8 Å². The van der Waals surface area contributed by atoms with E-state index in [0.29, 0.717) is 5.56 Å². The lowest BCUT2D eigenvalue weighted by Gasteiger charge is -2.11. The zero-order valence-electron chi connectivity index (χ0n) is 16.2. The highest BCUT2D eigenvalue weighted by Gasteiger charge is 2.20. The summed E-state index contributed by atoms with van der Waals surface area (Å²) in [6, 6.07) is 10.7. The Kier molecular flexibility index (Phi) is 6.80. The van der Waals surface area contributed by atoms with E-state index in [-0.39, 0.29) is 28.9 Å². The Morgan fingerprint density at radius 1 is 1.04 bits per heavy atom. The maximum absolute atomic E-state index is 12.5. The molecule has 0 fully saturated rings. The van der Waals surface area contributed by atoms with Gasteiger partial charge in [-0.25, -0.2) is 0 Å². The van der Waals surface area contributed by atoms with Crippen molar-refractivity contribution in [3.05, 3.63) is 59.2 Å². The molecule has 0 saturated carbocycles. The van der Waals surface area contributed by atoms with Gasteiger partial charge in [0.15, 0.2) is 0 Å². The summed E-state index contributed by atoms with van der Waals surface area (Å²) in [5.41, 5.74) is 1.64. The van der Waals surface area contributed by atoms with Gasteiger partial charge in [0.05, 0.1) is 6.10 Å². The summed E-state index contributed by atoms with van der Waals surface area (Å²) in [6.45, 7) is 6.65. The van der Waals surface area contributed by atoms with Gasteiger partial charge in [0.1, 0.15) is 17.2 Å². The van der Waals surface area contributed by atoms with E-state index in [9.17, 15) is 18.0 Å². The number of aryl methyl sites for hydroxylation is 2. The highest BCUT2D eigenvalue weighted by molar-refractivity contribution is 7.87. The van der Waals surface area contributed by atoms with Crippen molar-refractivity contribution in [1.29, 1.82) is 0 Å². The molecule has 8 heteroatoms. The van der Waals surface area contributed by atoms with Crippen LogP contribution >= 0.6 is 0 Å². The monoisotopic (exact) mass is 405 g/mol. The maximum atomic E-state index is 12.5. The molecule has 0 heterocycles. The predicted octanol–water partition coefficient (Wildman–Crippen LogP) is 2.75. The molecule has 1 N–H and O–H groups in total. The molecule has 0 bridgehead atoms. The summed E-state index contributed by atoms with van der Waals surface area (Å²) < 4.78 is 35.1. The molecule has 28 heavy (non-hydrogen) atoms. The Balaban J connectivity index is 2.05. The van der Waals surface area contributed by atoms with Gasteiger partial charge < -0.3 is 14.2 Å². The lowest BCUT2D eigenvalue weighted by molar-refractivity contribution is -0.146. The number of hydrogen-bond acceptors (Lipinski definition) is 6. The Labute approximate surface area is 164 Å². The number of hydrogen-bond donors (Lipinski definition) is 1. The van der Waals surface area contributed by atoms with Crippen LogP contribution in [0, 0.1) is 13.8 Å². The molecule has 0 atom stereocenters. The lowest BCUT2D eigenvalue weighted by Crippen LogP contribution is -2.31. The molecule has 7 nitrogen and oxygen atoms in total. The Hall–Kier alpha value is -2.87. The van der Waals surface area contributed by atoms with Crippen LogP contribution in [0.3, 0.4) is 0 Å². The molecular weight excluding hydrogens is 382 g/mol. The van der Waals surface area contributed by atoms with Crippen LogP contribution in [-0.2, 0) is 19.6 Å². The van der Waals surface area contributed by atoms with E-state index in [1.165, 1.54) is 24.3 Å². The third kappa shape index (κ3) is 5.82. The molecule has 0 aliphatic heterocycles. The average molecular weight is 405 g/mol. The predicted molar refractivity (Wildman–Crippen MR) is 104 cm³/mol. The Bertz CT molecular complexity index is 965. The van der Waals surface area contributed by atoms with Crippen molar-refractivity contribution in [2.24, 2.45) is 0 Å². The van der Waals surface area contributed by atoms with Crippen LogP contribution in [0.1, 0.15) is 35.3 Å². The minimum atomic E-state index is -3.99.